The third-order valence-corrected chi connectivity index (χ3v) is 5.36. The molecule has 0 heterocycles. The zero-order valence-electron chi connectivity index (χ0n) is 15.6. The summed E-state index contributed by atoms with van der Waals surface area (Å²) in [5.74, 6) is 0.294. The Morgan fingerprint density at radius 2 is 1.50 bits per heavy atom. The molecule has 0 aliphatic carbocycles. The molecule has 0 fully saturated rings. The average molecular weight is 375 g/mol. The summed E-state index contributed by atoms with van der Waals surface area (Å²) in [4.78, 5) is 11.6. The standard InChI is InChI=1S/C11H22OS.C7H8O3S/c1-10(2,3)8(12)7-9(13)11(4,5)6;1-6-2-4-7(5-3-6)11(8,9)10/h9,13H,7H2,1-6H3;2-5H,1H3,(H,8,9,10). The first-order valence-electron chi connectivity index (χ1n) is 7.80. The van der Waals surface area contributed by atoms with Gasteiger partial charge in [0.2, 0.25) is 0 Å². The Balaban J connectivity index is 0.000000446. The maximum Gasteiger partial charge on any atom is 0.294 e. The van der Waals surface area contributed by atoms with Crippen molar-refractivity contribution in [3.05, 3.63) is 29.8 Å². The third-order valence-electron chi connectivity index (χ3n) is 3.53. The van der Waals surface area contributed by atoms with Crippen LogP contribution in [0.3, 0.4) is 0 Å². The normalized spacial score (nSPS) is 13.7. The van der Waals surface area contributed by atoms with Gasteiger partial charge in [0.15, 0.2) is 0 Å². The number of carbonyl (C=O) groups is 1. The van der Waals surface area contributed by atoms with E-state index in [1.165, 1.54) is 12.1 Å². The van der Waals surface area contributed by atoms with E-state index in [2.05, 4.69) is 33.4 Å². The van der Waals surface area contributed by atoms with Crippen molar-refractivity contribution in [2.75, 3.05) is 0 Å². The van der Waals surface area contributed by atoms with E-state index in [1.54, 1.807) is 12.1 Å². The molecule has 24 heavy (non-hydrogen) atoms. The number of rotatable bonds is 3. The zero-order chi connectivity index (χ0) is 19.3. The van der Waals surface area contributed by atoms with E-state index in [0.29, 0.717) is 12.2 Å². The maximum absolute atomic E-state index is 11.7. The molecule has 1 aromatic carbocycles. The first-order chi connectivity index (χ1) is 10.5. The van der Waals surface area contributed by atoms with Crippen LogP contribution in [-0.4, -0.2) is 24.0 Å². The molecule has 0 bridgehead atoms. The predicted molar refractivity (Wildman–Crippen MR) is 102 cm³/mol. The van der Waals surface area contributed by atoms with Gasteiger partial charge < -0.3 is 0 Å². The predicted octanol–water partition coefficient (Wildman–Crippen LogP) is 4.58. The minimum Gasteiger partial charge on any atom is -0.299 e. The molecule has 0 spiro atoms. The summed E-state index contributed by atoms with van der Waals surface area (Å²) in [6.07, 6.45) is 0.566. The van der Waals surface area contributed by atoms with Crippen LogP contribution in [0.4, 0.5) is 0 Å². The summed E-state index contributed by atoms with van der Waals surface area (Å²) in [7, 11) is -4.02. The smallest absolute Gasteiger partial charge is 0.294 e. The van der Waals surface area contributed by atoms with E-state index < -0.39 is 10.1 Å². The Kier molecular flexibility index (Phi) is 8.20. The molecule has 1 N–H and O–H groups in total. The van der Waals surface area contributed by atoms with Gasteiger partial charge in [0.1, 0.15) is 5.78 Å². The van der Waals surface area contributed by atoms with Crippen LogP contribution in [0, 0.1) is 17.8 Å². The molecule has 0 aliphatic heterocycles. The fraction of sp³-hybridized carbons (Fsp3) is 0.611. The van der Waals surface area contributed by atoms with Gasteiger partial charge in [-0.25, -0.2) is 0 Å². The molecule has 1 unspecified atom stereocenters. The van der Waals surface area contributed by atoms with E-state index in [1.807, 2.05) is 27.7 Å². The van der Waals surface area contributed by atoms with Gasteiger partial charge in [0.25, 0.3) is 10.1 Å². The van der Waals surface area contributed by atoms with Crippen LogP contribution in [0.2, 0.25) is 0 Å². The molecule has 1 rings (SSSR count). The number of carbonyl (C=O) groups excluding carboxylic acids is 1. The fourth-order valence-corrected chi connectivity index (χ4v) is 2.14. The summed E-state index contributed by atoms with van der Waals surface area (Å²) in [6, 6.07) is 5.99. The number of hydrogen-bond acceptors (Lipinski definition) is 4. The summed E-state index contributed by atoms with van der Waals surface area (Å²) >= 11 is 4.46. The molecule has 1 aromatic rings. The number of benzene rings is 1. The number of hydrogen-bond donors (Lipinski definition) is 2. The zero-order valence-corrected chi connectivity index (χ0v) is 17.3. The molecule has 0 aromatic heterocycles. The highest BCUT2D eigenvalue weighted by molar-refractivity contribution is 7.85. The third kappa shape index (κ3) is 8.85. The molecule has 138 valence electrons. The van der Waals surface area contributed by atoms with E-state index >= 15 is 0 Å². The highest BCUT2D eigenvalue weighted by atomic mass is 32.2. The highest BCUT2D eigenvalue weighted by Crippen LogP contribution is 2.29. The molecule has 0 saturated heterocycles. The molecule has 0 aliphatic rings. The summed E-state index contributed by atoms with van der Waals surface area (Å²) in [6.45, 7) is 14.0. The number of aryl methyl sites for hydroxylation is 1. The Labute approximate surface area is 152 Å². The van der Waals surface area contributed by atoms with E-state index in [9.17, 15) is 13.2 Å². The monoisotopic (exact) mass is 374 g/mol. The van der Waals surface area contributed by atoms with Crippen molar-refractivity contribution in [1.82, 2.24) is 0 Å². The lowest BCUT2D eigenvalue weighted by molar-refractivity contribution is -0.126. The second-order valence-electron chi connectivity index (χ2n) is 8.05. The van der Waals surface area contributed by atoms with Gasteiger partial charge in [-0.1, -0.05) is 59.2 Å². The lowest BCUT2D eigenvalue weighted by atomic mass is 9.82. The quantitative estimate of drug-likeness (QED) is 0.600. The minimum atomic E-state index is -4.02. The lowest BCUT2D eigenvalue weighted by Crippen LogP contribution is -2.29. The van der Waals surface area contributed by atoms with Gasteiger partial charge in [-0.05, 0) is 24.5 Å². The highest BCUT2D eigenvalue weighted by Gasteiger charge is 2.28. The van der Waals surface area contributed by atoms with Crippen molar-refractivity contribution >= 4 is 28.5 Å². The van der Waals surface area contributed by atoms with Crippen molar-refractivity contribution in [1.29, 1.82) is 0 Å². The van der Waals surface area contributed by atoms with Crippen LogP contribution in [0.25, 0.3) is 0 Å². The molecule has 0 amide bonds. The number of ketones is 1. The van der Waals surface area contributed by atoms with E-state index in [4.69, 9.17) is 4.55 Å². The molecule has 6 heteroatoms. The summed E-state index contributed by atoms with van der Waals surface area (Å²) < 4.78 is 29.6. The van der Waals surface area contributed by atoms with Crippen LogP contribution in [0.5, 0.6) is 0 Å². The summed E-state index contributed by atoms with van der Waals surface area (Å²) in [5.41, 5.74) is 0.827. The van der Waals surface area contributed by atoms with Crippen molar-refractivity contribution in [2.45, 2.75) is 65.0 Å². The topological polar surface area (TPSA) is 71.4 Å². The fourth-order valence-electron chi connectivity index (χ4n) is 1.50. The average Bonchev–Trinajstić information content (AvgIpc) is 2.36. The van der Waals surface area contributed by atoms with Crippen molar-refractivity contribution in [2.24, 2.45) is 10.8 Å². The van der Waals surface area contributed by atoms with Crippen molar-refractivity contribution in [3.8, 4) is 0 Å². The van der Waals surface area contributed by atoms with Crippen LogP contribution in [-0.2, 0) is 14.9 Å². The largest absolute Gasteiger partial charge is 0.299 e. The molecule has 0 radical (unpaired) electrons. The first kappa shape index (κ1) is 23.1. The van der Waals surface area contributed by atoms with Gasteiger partial charge >= 0.3 is 0 Å². The SMILES string of the molecule is CC(C)(C)C(=O)CC(S)C(C)(C)C.Cc1ccc(S(=O)(=O)O)cc1. The van der Waals surface area contributed by atoms with E-state index in [0.717, 1.165) is 5.56 Å². The van der Waals surface area contributed by atoms with Crippen molar-refractivity contribution < 1.29 is 17.8 Å². The Morgan fingerprint density at radius 1 is 1.08 bits per heavy atom. The first-order valence-corrected chi connectivity index (χ1v) is 9.76. The van der Waals surface area contributed by atoms with Crippen molar-refractivity contribution in [3.63, 3.8) is 0 Å². The van der Waals surface area contributed by atoms with Crippen LogP contribution >= 0.6 is 12.6 Å². The van der Waals surface area contributed by atoms with Crippen LogP contribution in [0.15, 0.2) is 29.2 Å². The second-order valence-corrected chi connectivity index (χ2v) is 10.1. The van der Waals surface area contributed by atoms with Crippen LogP contribution in [0.1, 0.15) is 53.5 Å². The number of thiol groups is 1. The molecule has 4 nitrogen and oxygen atoms in total. The second kappa shape index (κ2) is 8.50. The maximum atomic E-state index is 11.7. The van der Waals surface area contributed by atoms with E-state index in [-0.39, 0.29) is 21.0 Å². The molecular weight excluding hydrogens is 344 g/mol. The summed E-state index contributed by atoms with van der Waals surface area (Å²) in [5, 5.41) is 0.152. The van der Waals surface area contributed by atoms with Gasteiger partial charge in [-0.3, -0.25) is 9.35 Å². The molecule has 1 atom stereocenters. The minimum absolute atomic E-state index is 0.0666. The molecular formula is C18H30O4S2. The van der Waals surface area contributed by atoms with Crippen LogP contribution < -0.4 is 0 Å². The Hall–Kier alpha value is -0.850. The lowest BCUT2D eigenvalue weighted by Gasteiger charge is -2.28. The molecule has 0 saturated carbocycles. The Bertz CT molecular complexity index is 633. The Morgan fingerprint density at radius 3 is 1.79 bits per heavy atom. The van der Waals surface area contributed by atoms with Gasteiger partial charge in [0.05, 0.1) is 4.90 Å². The van der Waals surface area contributed by atoms with Gasteiger partial charge in [-0.2, -0.15) is 21.0 Å². The van der Waals surface area contributed by atoms with Gasteiger partial charge in [-0.15, -0.1) is 0 Å². The van der Waals surface area contributed by atoms with Gasteiger partial charge in [0, 0.05) is 17.1 Å². The number of Topliss-reactive ketones (excluding diaryl/α,β-unsaturated/α-hetero) is 1.